The fraction of sp³-hybridized carbons (Fsp3) is 0.250. The molecule has 9 heteroatoms. The Morgan fingerprint density at radius 1 is 1.14 bits per heavy atom. The van der Waals surface area contributed by atoms with Gasteiger partial charge in [0.15, 0.2) is 23.3 Å². The summed E-state index contributed by atoms with van der Waals surface area (Å²) in [5.74, 6) is -2.19. The van der Waals surface area contributed by atoms with Crippen LogP contribution in [-0.2, 0) is 16.1 Å². The second kappa shape index (κ2) is 9.05. The zero-order valence-electron chi connectivity index (χ0n) is 15.7. The maximum absolute atomic E-state index is 13.6. The highest BCUT2D eigenvalue weighted by Crippen LogP contribution is 2.17. The molecule has 0 bridgehead atoms. The summed E-state index contributed by atoms with van der Waals surface area (Å²) in [6.07, 6.45) is -0.565. The van der Waals surface area contributed by atoms with Gasteiger partial charge in [-0.15, -0.1) is 0 Å². The van der Waals surface area contributed by atoms with Gasteiger partial charge in [0.05, 0.1) is 5.52 Å². The predicted octanol–water partition coefficient (Wildman–Crippen LogP) is 2.13. The van der Waals surface area contributed by atoms with Crippen molar-refractivity contribution in [1.29, 1.82) is 0 Å². The number of nitrogens with one attached hydrogen (secondary N) is 2. The van der Waals surface area contributed by atoms with Gasteiger partial charge in [0.1, 0.15) is 0 Å². The average Bonchev–Trinajstić information content (AvgIpc) is 3.03. The van der Waals surface area contributed by atoms with E-state index in [1.807, 2.05) is 0 Å². The molecule has 0 spiro atoms. The number of nitrogens with zero attached hydrogens (tertiary/aromatic N) is 1. The zero-order valence-corrected chi connectivity index (χ0v) is 15.7. The summed E-state index contributed by atoms with van der Waals surface area (Å²) >= 11 is 0. The molecule has 2 amide bonds. The van der Waals surface area contributed by atoms with Crippen molar-refractivity contribution in [3.8, 4) is 5.75 Å². The van der Waals surface area contributed by atoms with Crippen LogP contribution in [0.3, 0.4) is 0 Å². The molecule has 1 aromatic heterocycles. The van der Waals surface area contributed by atoms with Crippen LogP contribution in [0.25, 0.3) is 11.1 Å². The number of hydrogen-bond acceptors (Lipinski definition) is 5. The monoisotopic (exact) mass is 401 g/mol. The number of ether oxygens (including phenoxy) is 1. The second-order valence-corrected chi connectivity index (χ2v) is 6.32. The Balaban J connectivity index is 1.43. The van der Waals surface area contributed by atoms with E-state index in [1.54, 1.807) is 30.3 Å². The summed E-state index contributed by atoms with van der Waals surface area (Å²) in [6, 6.07) is 12.7. The Labute approximate surface area is 165 Å². The van der Waals surface area contributed by atoms with E-state index in [1.165, 1.54) is 29.7 Å². The number of para-hydroxylation sites is 3. The van der Waals surface area contributed by atoms with Gasteiger partial charge in [-0.3, -0.25) is 25.0 Å². The Bertz CT molecular complexity index is 1080. The van der Waals surface area contributed by atoms with Gasteiger partial charge < -0.3 is 9.15 Å². The molecule has 3 rings (SSSR count). The molecule has 2 aromatic carbocycles. The highest BCUT2D eigenvalue weighted by atomic mass is 19.1. The number of hydrogen-bond donors (Lipinski definition) is 2. The number of amides is 2. The van der Waals surface area contributed by atoms with Crippen LogP contribution in [0.5, 0.6) is 5.75 Å². The minimum absolute atomic E-state index is 0.0562. The fourth-order valence-electron chi connectivity index (χ4n) is 2.70. The average molecular weight is 401 g/mol. The van der Waals surface area contributed by atoms with Crippen molar-refractivity contribution in [3.05, 3.63) is 64.9 Å². The minimum Gasteiger partial charge on any atom is -0.478 e. The van der Waals surface area contributed by atoms with Crippen LogP contribution in [0.15, 0.2) is 57.7 Å². The van der Waals surface area contributed by atoms with Crippen molar-refractivity contribution in [2.75, 3.05) is 0 Å². The lowest BCUT2D eigenvalue weighted by atomic mass is 10.3. The minimum atomic E-state index is -1.01. The van der Waals surface area contributed by atoms with Crippen LogP contribution in [0, 0.1) is 5.82 Å². The third-order valence-electron chi connectivity index (χ3n) is 4.19. The van der Waals surface area contributed by atoms with Crippen molar-refractivity contribution in [3.63, 3.8) is 0 Å². The third-order valence-corrected chi connectivity index (χ3v) is 4.19. The van der Waals surface area contributed by atoms with E-state index in [4.69, 9.17) is 9.15 Å². The van der Waals surface area contributed by atoms with Crippen LogP contribution in [0.4, 0.5) is 4.39 Å². The fourth-order valence-corrected chi connectivity index (χ4v) is 2.70. The Kier molecular flexibility index (Phi) is 6.28. The molecule has 0 radical (unpaired) electrons. The van der Waals surface area contributed by atoms with Gasteiger partial charge in [0.2, 0.25) is 5.91 Å². The summed E-state index contributed by atoms with van der Waals surface area (Å²) in [5, 5.41) is 0. The second-order valence-electron chi connectivity index (χ2n) is 6.32. The van der Waals surface area contributed by atoms with E-state index in [0.717, 1.165) is 0 Å². The number of fused-ring (bicyclic) bond motifs is 1. The molecule has 0 aliphatic heterocycles. The number of rotatable bonds is 7. The van der Waals surface area contributed by atoms with Gasteiger partial charge in [0, 0.05) is 13.0 Å². The van der Waals surface area contributed by atoms with Gasteiger partial charge >= 0.3 is 5.76 Å². The predicted molar refractivity (Wildman–Crippen MR) is 102 cm³/mol. The van der Waals surface area contributed by atoms with Gasteiger partial charge in [-0.2, -0.15) is 0 Å². The number of halogens is 1. The summed E-state index contributed by atoms with van der Waals surface area (Å²) < 4.78 is 25.4. The number of carbonyl (C=O) groups is 2. The van der Waals surface area contributed by atoms with Gasteiger partial charge in [-0.1, -0.05) is 24.3 Å². The lowest BCUT2D eigenvalue weighted by Gasteiger charge is -2.15. The molecule has 152 valence electrons. The van der Waals surface area contributed by atoms with Crippen molar-refractivity contribution >= 4 is 22.9 Å². The molecule has 0 saturated carbocycles. The highest BCUT2D eigenvalue weighted by Gasteiger charge is 2.17. The van der Waals surface area contributed by atoms with Crippen molar-refractivity contribution in [2.45, 2.75) is 32.4 Å². The number of benzene rings is 2. The van der Waals surface area contributed by atoms with E-state index in [2.05, 4.69) is 10.9 Å². The molecule has 0 aliphatic rings. The molecule has 29 heavy (non-hydrogen) atoms. The molecule has 3 aromatic rings. The zero-order chi connectivity index (χ0) is 20.8. The number of oxazole rings is 1. The molecule has 0 fully saturated rings. The first kappa shape index (κ1) is 20.1. The van der Waals surface area contributed by atoms with E-state index in [-0.39, 0.29) is 12.2 Å². The molecule has 1 atom stereocenters. The van der Waals surface area contributed by atoms with Crippen LogP contribution in [0.1, 0.15) is 19.8 Å². The number of hydrazine groups is 1. The molecular weight excluding hydrogens is 381 g/mol. The van der Waals surface area contributed by atoms with Gasteiger partial charge in [0.25, 0.3) is 5.91 Å². The van der Waals surface area contributed by atoms with Gasteiger partial charge in [-0.25, -0.2) is 9.18 Å². The Hall–Kier alpha value is -3.62. The summed E-state index contributed by atoms with van der Waals surface area (Å²) in [4.78, 5) is 35.8. The van der Waals surface area contributed by atoms with E-state index in [9.17, 15) is 18.8 Å². The molecule has 0 unspecified atom stereocenters. The molecule has 8 nitrogen and oxygen atoms in total. The van der Waals surface area contributed by atoms with E-state index < -0.39 is 29.5 Å². The summed E-state index contributed by atoms with van der Waals surface area (Å²) in [7, 11) is 0. The number of carbonyl (C=O) groups excluding carboxylic acids is 2. The lowest BCUT2D eigenvalue weighted by molar-refractivity contribution is -0.132. The standard InChI is InChI=1S/C20H20FN3O5/c1-13(28-16-9-4-2-7-14(16)21)19(26)23-22-18(25)11-6-12-24-15-8-3-5-10-17(15)29-20(24)27/h2-5,7-10,13H,6,11-12H2,1H3,(H,22,25)(H,23,26)/t13-/m1/s1. The SMILES string of the molecule is C[C@@H](Oc1ccccc1F)C(=O)NNC(=O)CCCn1c(=O)oc2ccccc21. The normalized spacial score (nSPS) is 11.8. The van der Waals surface area contributed by atoms with Crippen molar-refractivity contribution in [1.82, 2.24) is 15.4 Å². The smallest absolute Gasteiger partial charge is 0.419 e. The third kappa shape index (κ3) is 5.01. The maximum atomic E-state index is 13.6. The maximum Gasteiger partial charge on any atom is 0.419 e. The molecule has 2 N–H and O–H groups in total. The van der Waals surface area contributed by atoms with E-state index in [0.29, 0.717) is 24.1 Å². The topological polar surface area (TPSA) is 103 Å². The van der Waals surface area contributed by atoms with Gasteiger partial charge in [-0.05, 0) is 37.6 Å². The lowest BCUT2D eigenvalue weighted by Crippen LogP contribution is -2.47. The number of aryl methyl sites for hydroxylation is 1. The first-order valence-corrected chi connectivity index (χ1v) is 9.04. The summed E-state index contributed by atoms with van der Waals surface area (Å²) in [6.45, 7) is 1.73. The largest absolute Gasteiger partial charge is 0.478 e. The van der Waals surface area contributed by atoms with Crippen LogP contribution >= 0.6 is 0 Å². The van der Waals surface area contributed by atoms with E-state index >= 15 is 0 Å². The Morgan fingerprint density at radius 2 is 1.86 bits per heavy atom. The van der Waals surface area contributed by atoms with Crippen LogP contribution in [-0.4, -0.2) is 22.5 Å². The van der Waals surface area contributed by atoms with Crippen LogP contribution < -0.4 is 21.3 Å². The van der Waals surface area contributed by atoms with Crippen molar-refractivity contribution < 1.29 is 23.1 Å². The molecule has 0 aliphatic carbocycles. The molecule has 0 saturated heterocycles. The van der Waals surface area contributed by atoms with Crippen LogP contribution in [0.2, 0.25) is 0 Å². The molecule has 1 heterocycles. The first-order valence-electron chi connectivity index (χ1n) is 9.04. The summed E-state index contributed by atoms with van der Waals surface area (Å²) in [5.41, 5.74) is 5.65. The first-order chi connectivity index (χ1) is 14.0. The highest BCUT2D eigenvalue weighted by molar-refractivity contribution is 5.84. The molecular formula is C20H20FN3O5. The van der Waals surface area contributed by atoms with Crippen molar-refractivity contribution in [2.24, 2.45) is 0 Å². The Morgan fingerprint density at radius 3 is 2.66 bits per heavy atom. The number of aromatic nitrogens is 1. The quantitative estimate of drug-likeness (QED) is 0.591.